The smallest absolute Gasteiger partial charge is 0.115 e. The highest BCUT2D eigenvalue weighted by Crippen LogP contribution is 2.19. The zero-order valence-corrected chi connectivity index (χ0v) is 17.0. The van der Waals surface area contributed by atoms with Crippen molar-refractivity contribution in [2.24, 2.45) is 5.92 Å². The maximum absolute atomic E-state index is 8.19. The average molecular weight is 344 g/mol. The normalized spacial score (nSPS) is 13.0. The molecular formula is C23H37NO. The lowest BCUT2D eigenvalue weighted by Gasteiger charge is -2.11. The first-order valence-corrected chi connectivity index (χ1v) is 9.49. The summed E-state index contributed by atoms with van der Waals surface area (Å²) in [5, 5.41) is 8.19. The van der Waals surface area contributed by atoms with E-state index >= 15 is 0 Å². The van der Waals surface area contributed by atoms with E-state index in [0.29, 0.717) is 18.9 Å². The van der Waals surface area contributed by atoms with E-state index in [1.54, 1.807) is 0 Å². The summed E-state index contributed by atoms with van der Waals surface area (Å²) in [6, 6.07) is 2.01. The third-order valence-electron chi connectivity index (χ3n) is 3.59. The standard InChI is InChI=1S/C14H24.C9H13NO/c1-5-8-10-11-13(4)14(7-3)12-9-6-2;1-3-4-6-9(2)11-8-5-7-10/h6-7,9,12-13H,3,5,8,10-11H2,1-2,4H3;9H,3,5,8H2,1-2H3/b9-6-,14-12+;. The highest BCUT2D eigenvalue weighted by atomic mass is 16.5. The minimum atomic E-state index is -0.0386. The molecule has 0 bridgehead atoms. The van der Waals surface area contributed by atoms with Crippen LogP contribution in [0.1, 0.15) is 73.1 Å². The average Bonchev–Trinajstić information content (AvgIpc) is 2.61. The predicted molar refractivity (Wildman–Crippen MR) is 110 cm³/mol. The molecule has 2 heteroatoms. The highest BCUT2D eigenvalue weighted by molar-refractivity contribution is 5.23. The summed E-state index contributed by atoms with van der Waals surface area (Å²) in [4.78, 5) is 0. The number of rotatable bonds is 10. The van der Waals surface area contributed by atoms with Crippen molar-refractivity contribution in [3.05, 3.63) is 36.5 Å². The molecule has 0 aliphatic rings. The van der Waals surface area contributed by atoms with E-state index in [1.807, 2.05) is 32.9 Å². The van der Waals surface area contributed by atoms with E-state index in [9.17, 15) is 0 Å². The molecule has 0 amide bonds. The largest absolute Gasteiger partial charge is 0.365 e. The molecule has 0 spiro atoms. The summed E-state index contributed by atoms with van der Waals surface area (Å²) >= 11 is 0. The number of hydrogen-bond acceptors (Lipinski definition) is 2. The van der Waals surface area contributed by atoms with Gasteiger partial charge in [0.05, 0.1) is 19.1 Å². The number of allylic oxidation sites excluding steroid dienone is 5. The summed E-state index contributed by atoms with van der Waals surface area (Å²) < 4.78 is 5.19. The van der Waals surface area contributed by atoms with Crippen LogP contribution >= 0.6 is 0 Å². The molecule has 0 saturated carbocycles. The summed E-state index contributed by atoms with van der Waals surface area (Å²) in [6.07, 6.45) is 14.8. The summed E-state index contributed by atoms with van der Waals surface area (Å²) in [5.41, 5.74) is 1.36. The molecule has 2 unspecified atom stereocenters. The molecule has 0 aliphatic heterocycles. The van der Waals surface area contributed by atoms with Crippen LogP contribution < -0.4 is 0 Å². The van der Waals surface area contributed by atoms with Gasteiger partial charge in [0.25, 0.3) is 0 Å². The zero-order valence-electron chi connectivity index (χ0n) is 17.0. The third-order valence-corrected chi connectivity index (χ3v) is 3.59. The second-order valence-corrected chi connectivity index (χ2v) is 5.89. The Kier molecular flexibility index (Phi) is 20.7. The fourth-order valence-corrected chi connectivity index (χ4v) is 2.08. The number of unbranched alkanes of at least 4 members (excludes halogenated alkanes) is 2. The van der Waals surface area contributed by atoms with Crippen molar-refractivity contribution in [1.29, 1.82) is 5.26 Å². The minimum Gasteiger partial charge on any atom is -0.365 e. The molecule has 0 aromatic heterocycles. The molecule has 0 rings (SSSR count). The van der Waals surface area contributed by atoms with Gasteiger partial charge in [-0.15, -0.1) is 5.92 Å². The van der Waals surface area contributed by atoms with Crippen LogP contribution in [-0.4, -0.2) is 12.7 Å². The summed E-state index contributed by atoms with van der Waals surface area (Å²) in [5.74, 6) is 6.47. The van der Waals surface area contributed by atoms with E-state index in [0.717, 1.165) is 6.42 Å². The minimum absolute atomic E-state index is 0.0386. The zero-order chi connectivity index (χ0) is 19.3. The number of hydrogen-bond donors (Lipinski definition) is 0. The number of nitriles is 1. The van der Waals surface area contributed by atoms with Crippen LogP contribution in [0.3, 0.4) is 0 Å². The van der Waals surface area contributed by atoms with Crippen molar-refractivity contribution >= 4 is 0 Å². The maximum Gasteiger partial charge on any atom is 0.115 e. The van der Waals surface area contributed by atoms with Gasteiger partial charge in [-0.1, -0.05) is 76.8 Å². The Balaban J connectivity index is 0. The fraction of sp³-hybridized carbons (Fsp3) is 0.609. The monoisotopic (exact) mass is 343 g/mol. The van der Waals surface area contributed by atoms with Gasteiger partial charge in [0.1, 0.15) is 6.10 Å². The molecule has 25 heavy (non-hydrogen) atoms. The number of ether oxygens (including phenoxy) is 1. The van der Waals surface area contributed by atoms with E-state index in [1.165, 1.54) is 31.3 Å². The van der Waals surface area contributed by atoms with E-state index in [4.69, 9.17) is 10.00 Å². The predicted octanol–water partition coefficient (Wildman–Crippen LogP) is 6.61. The molecule has 0 heterocycles. The number of nitrogens with zero attached hydrogens (tertiary/aromatic N) is 1. The third kappa shape index (κ3) is 18.4. The first-order chi connectivity index (χ1) is 12.1. The fourth-order valence-electron chi connectivity index (χ4n) is 2.08. The Labute approximate surface area is 156 Å². The van der Waals surface area contributed by atoms with Gasteiger partial charge in [-0.05, 0) is 31.8 Å². The van der Waals surface area contributed by atoms with Crippen LogP contribution in [-0.2, 0) is 4.74 Å². The molecule has 140 valence electrons. The van der Waals surface area contributed by atoms with Gasteiger partial charge in [0.2, 0.25) is 0 Å². The van der Waals surface area contributed by atoms with Crippen molar-refractivity contribution in [2.45, 2.75) is 79.2 Å². The Morgan fingerprint density at radius 3 is 2.48 bits per heavy atom. The van der Waals surface area contributed by atoms with Crippen LogP contribution in [0.5, 0.6) is 0 Å². The van der Waals surface area contributed by atoms with Crippen molar-refractivity contribution in [1.82, 2.24) is 0 Å². The van der Waals surface area contributed by atoms with Crippen LogP contribution in [0.2, 0.25) is 0 Å². The van der Waals surface area contributed by atoms with Gasteiger partial charge < -0.3 is 4.74 Å². The summed E-state index contributed by atoms with van der Waals surface area (Å²) in [7, 11) is 0. The molecule has 0 N–H and O–H groups in total. The first kappa shape index (κ1) is 25.5. The van der Waals surface area contributed by atoms with Crippen LogP contribution in [0.15, 0.2) is 36.5 Å². The molecule has 0 aromatic carbocycles. The van der Waals surface area contributed by atoms with Crippen LogP contribution in [0.25, 0.3) is 0 Å². The molecule has 0 radical (unpaired) electrons. The van der Waals surface area contributed by atoms with E-state index in [-0.39, 0.29) is 6.10 Å². The van der Waals surface area contributed by atoms with Crippen molar-refractivity contribution in [3.63, 3.8) is 0 Å². The molecule has 0 aromatic rings. The van der Waals surface area contributed by atoms with Crippen LogP contribution in [0.4, 0.5) is 0 Å². The van der Waals surface area contributed by atoms with Crippen molar-refractivity contribution in [2.75, 3.05) is 6.61 Å². The van der Waals surface area contributed by atoms with Gasteiger partial charge in [0, 0.05) is 6.42 Å². The molecule has 0 aliphatic carbocycles. The second-order valence-electron chi connectivity index (χ2n) is 5.89. The van der Waals surface area contributed by atoms with Gasteiger partial charge in [-0.3, -0.25) is 0 Å². The Hall–Kier alpha value is -1.77. The lowest BCUT2D eigenvalue weighted by atomic mass is 9.94. The van der Waals surface area contributed by atoms with Gasteiger partial charge in [0.15, 0.2) is 0 Å². The molecule has 0 fully saturated rings. The maximum atomic E-state index is 8.19. The lowest BCUT2D eigenvalue weighted by molar-refractivity contribution is 0.108. The van der Waals surface area contributed by atoms with E-state index < -0.39 is 0 Å². The van der Waals surface area contributed by atoms with E-state index in [2.05, 4.69) is 50.5 Å². The van der Waals surface area contributed by atoms with Crippen molar-refractivity contribution < 1.29 is 4.74 Å². The van der Waals surface area contributed by atoms with Crippen molar-refractivity contribution in [3.8, 4) is 17.9 Å². The first-order valence-electron chi connectivity index (χ1n) is 9.49. The topological polar surface area (TPSA) is 33.0 Å². The van der Waals surface area contributed by atoms with Gasteiger partial charge in [-0.25, -0.2) is 0 Å². The molecule has 0 saturated heterocycles. The summed E-state index contributed by atoms with van der Waals surface area (Å²) in [6.45, 7) is 14.8. The second kappa shape index (κ2) is 20.3. The quantitative estimate of drug-likeness (QED) is 0.254. The Bertz CT molecular complexity index is 471. The molecular weight excluding hydrogens is 306 g/mol. The Morgan fingerprint density at radius 1 is 1.24 bits per heavy atom. The molecule has 2 atom stereocenters. The lowest BCUT2D eigenvalue weighted by Crippen LogP contribution is -2.05. The Morgan fingerprint density at radius 2 is 1.96 bits per heavy atom. The van der Waals surface area contributed by atoms with Crippen LogP contribution in [0, 0.1) is 29.1 Å². The molecule has 2 nitrogen and oxygen atoms in total. The van der Waals surface area contributed by atoms with Gasteiger partial charge in [-0.2, -0.15) is 5.26 Å². The SMILES string of the molecule is C=C/C(=C\C=C/C)C(C)CCCCC.CCC#CC(C)OCCC#N. The van der Waals surface area contributed by atoms with Gasteiger partial charge >= 0.3 is 0 Å². The highest BCUT2D eigenvalue weighted by Gasteiger charge is 2.03.